The number of thiazole rings is 1. The van der Waals surface area contributed by atoms with Gasteiger partial charge in [-0.2, -0.15) is 0 Å². The van der Waals surface area contributed by atoms with Gasteiger partial charge in [-0.05, 0) is 37.5 Å². The Kier molecular flexibility index (Phi) is 3.16. The van der Waals surface area contributed by atoms with Crippen molar-refractivity contribution in [3.8, 4) is 22.1 Å². The molecule has 5 heteroatoms. The standard InChI is InChI=1S/C14H16N2O2S/c1-18-12-7-8(5-6-11(12)17)14-16-10-4-2-3-9(15)13(10)19-14/h5-7,9,17H,2-4,15H2,1H3. The SMILES string of the molecule is COc1cc(-c2nc3c(s2)C(N)CCC3)ccc1O. The van der Waals surface area contributed by atoms with E-state index in [1.165, 1.54) is 4.88 Å². The summed E-state index contributed by atoms with van der Waals surface area (Å²) in [4.78, 5) is 5.88. The monoisotopic (exact) mass is 276 g/mol. The van der Waals surface area contributed by atoms with Gasteiger partial charge in [0.1, 0.15) is 5.01 Å². The average molecular weight is 276 g/mol. The summed E-state index contributed by atoms with van der Waals surface area (Å²) < 4.78 is 5.13. The van der Waals surface area contributed by atoms with E-state index in [4.69, 9.17) is 10.5 Å². The van der Waals surface area contributed by atoms with Gasteiger partial charge in [-0.15, -0.1) is 11.3 Å². The summed E-state index contributed by atoms with van der Waals surface area (Å²) >= 11 is 1.65. The summed E-state index contributed by atoms with van der Waals surface area (Å²) in [6.07, 6.45) is 3.15. The molecule has 1 unspecified atom stereocenters. The van der Waals surface area contributed by atoms with Crippen molar-refractivity contribution in [3.05, 3.63) is 28.8 Å². The van der Waals surface area contributed by atoms with E-state index in [-0.39, 0.29) is 11.8 Å². The van der Waals surface area contributed by atoms with E-state index < -0.39 is 0 Å². The third-order valence-corrected chi connectivity index (χ3v) is 4.70. The van der Waals surface area contributed by atoms with Crippen LogP contribution in [0.1, 0.15) is 29.5 Å². The van der Waals surface area contributed by atoms with E-state index in [1.807, 2.05) is 12.1 Å². The van der Waals surface area contributed by atoms with Gasteiger partial charge in [-0.25, -0.2) is 4.98 Å². The van der Waals surface area contributed by atoms with Crippen molar-refractivity contribution in [3.63, 3.8) is 0 Å². The molecule has 3 rings (SSSR count). The Bertz CT molecular complexity index is 609. The second kappa shape index (κ2) is 4.83. The number of ether oxygens (including phenoxy) is 1. The molecule has 1 aliphatic carbocycles. The number of aromatic hydroxyl groups is 1. The van der Waals surface area contributed by atoms with E-state index in [2.05, 4.69) is 4.98 Å². The van der Waals surface area contributed by atoms with Crippen LogP contribution in [0, 0.1) is 0 Å². The number of methoxy groups -OCH3 is 1. The lowest BCUT2D eigenvalue weighted by molar-refractivity contribution is 0.373. The molecule has 2 aromatic rings. The fraction of sp³-hybridized carbons (Fsp3) is 0.357. The summed E-state index contributed by atoms with van der Waals surface area (Å²) in [5.41, 5.74) is 8.21. The molecule has 3 N–H and O–H groups in total. The van der Waals surface area contributed by atoms with Crippen LogP contribution in [0.15, 0.2) is 18.2 Å². The maximum atomic E-state index is 9.62. The van der Waals surface area contributed by atoms with Crippen molar-refractivity contribution < 1.29 is 9.84 Å². The van der Waals surface area contributed by atoms with Crippen molar-refractivity contribution >= 4 is 11.3 Å². The minimum Gasteiger partial charge on any atom is -0.504 e. The zero-order valence-corrected chi connectivity index (χ0v) is 11.5. The predicted molar refractivity (Wildman–Crippen MR) is 75.6 cm³/mol. The second-order valence-corrected chi connectivity index (χ2v) is 5.75. The van der Waals surface area contributed by atoms with Crippen LogP contribution < -0.4 is 10.5 Å². The van der Waals surface area contributed by atoms with E-state index >= 15 is 0 Å². The minimum absolute atomic E-state index is 0.119. The lowest BCUT2D eigenvalue weighted by Crippen LogP contribution is -2.15. The molecule has 0 spiro atoms. The van der Waals surface area contributed by atoms with E-state index in [0.717, 1.165) is 35.5 Å². The Hall–Kier alpha value is -1.59. The number of hydrogen-bond acceptors (Lipinski definition) is 5. The highest BCUT2D eigenvalue weighted by atomic mass is 32.1. The third-order valence-electron chi connectivity index (χ3n) is 3.42. The number of benzene rings is 1. The van der Waals surface area contributed by atoms with Crippen molar-refractivity contribution in [2.75, 3.05) is 7.11 Å². The van der Waals surface area contributed by atoms with Crippen LogP contribution in [0.5, 0.6) is 11.5 Å². The summed E-state index contributed by atoms with van der Waals surface area (Å²) in [5.74, 6) is 0.610. The number of rotatable bonds is 2. The molecule has 0 radical (unpaired) electrons. The molecule has 0 saturated carbocycles. The number of nitrogens with two attached hydrogens (primary N) is 1. The highest BCUT2D eigenvalue weighted by Crippen LogP contribution is 2.38. The van der Waals surface area contributed by atoms with Gasteiger partial charge in [0.2, 0.25) is 0 Å². The Balaban J connectivity index is 2.03. The molecule has 100 valence electrons. The van der Waals surface area contributed by atoms with Crippen molar-refractivity contribution in [1.29, 1.82) is 0 Å². The fourth-order valence-electron chi connectivity index (χ4n) is 2.39. The summed E-state index contributed by atoms with van der Waals surface area (Å²) in [6, 6.07) is 5.42. The smallest absolute Gasteiger partial charge is 0.161 e. The first-order chi connectivity index (χ1) is 9.19. The Morgan fingerprint density at radius 3 is 3.05 bits per heavy atom. The maximum Gasteiger partial charge on any atom is 0.161 e. The predicted octanol–water partition coefficient (Wildman–Crippen LogP) is 2.86. The highest BCUT2D eigenvalue weighted by Gasteiger charge is 2.22. The molecule has 1 aliphatic rings. The van der Waals surface area contributed by atoms with Crippen LogP contribution in [-0.4, -0.2) is 17.2 Å². The first-order valence-corrected chi connectivity index (χ1v) is 7.13. The number of hydrogen-bond donors (Lipinski definition) is 2. The minimum atomic E-state index is 0.119. The topological polar surface area (TPSA) is 68.4 Å². The second-order valence-electron chi connectivity index (χ2n) is 4.72. The van der Waals surface area contributed by atoms with Crippen LogP contribution >= 0.6 is 11.3 Å². The highest BCUT2D eigenvalue weighted by molar-refractivity contribution is 7.15. The molecule has 4 nitrogen and oxygen atoms in total. The molecular formula is C14H16N2O2S. The van der Waals surface area contributed by atoms with Crippen molar-refractivity contribution in [2.45, 2.75) is 25.3 Å². The van der Waals surface area contributed by atoms with Gasteiger partial charge in [0.25, 0.3) is 0 Å². The van der Waals surface area contributed by atoms with Crippen LogP contribution in [0.2, 0.25) is 0 Å². The number of aryl methyl sites for hydroxylation is 1. The summed E-state index contributed by atoms with van der Waals surface area (Å²) in [5, 5.41) is 10.6. The first-order valence-electron chi connectivity index (χ1n) is 6.31. The number of aromatic nitrogens is 1. The molecule has 0 saturated heterocycles. The Labute approximate surface area is 115 Å². The summed E-state index contributed by atoms with van der Waals surface area (Å²) in [7, 11) is 1.54. The Morgan fingerprint density at radius 1 is 1.47 bits per heavy atom. The molecule has 0 fully saturated rings. The molecule has 1 aromatic heterocycles. The van der Waals surface area contributed by atoms with Crippen molar-refractivity contribution in [1.82, 2.24) is 4.98 Å². The van der Waals surface area contributed by atoms with Gasteiger partial charge in [-0.1, -0.05) is 0 Å². The quantitative estimate of drug-likeness (QED) is 0.885. The number of fused-ring (bicyclic) bond motifs is 1. The maximum absolute atomic E-state index is 9.62. The zero-order chi connectivity index (χ0) is 13.4. The molecule has 0 bridgehead atoms. The van der Waals surface area contributed by atoms with Crippen LogP contribution in [0.3, 0.4) is 0 Å². The van der Waals surface area contributed by atoms with Gasteiger partial charge in [0.05, 0.1) is 12.8 Å². The van der Waals surface area contributed by atoms with E-state index in [1.54, 1.807) is 24.5 Å². The zero-order valence-electron chi connectivity index (χ0n) is 10.7. The van der Waals surface area contributed by atoms with E-state index in [0.29, 0.717) is 5.75 Å². The molecular weight excluding hydrogens is 260 g/mol. The lowest BCUT2D eigenvalue weighted by atomic mass is 9.99. The van der Waals surface area contributed by atoms with Crippen LogP contribution in [0.25, 0.3) is 10.6 Å². The lowest BCUT2D eigenvalue weighted by Gasteiger charge is -2.15. The number of phenolic OH excluding ortho intramolecular Hbond substituents is 1. The van der Waals surface area contributed by atoms with Gasteiger partial charge in [0, 0.05) is 16.5 Å². The van der Waals surface area contributed by atoms with E-state index in [9.17, 15) is 5.11 Å². The molecule has 1 heterocycles. The molecule has 1 atom stereocenters. The number of nitrogens with zero attached hydrogens (tertiary/aromatic N) is 1. The molecule has 0 aliphatic heterocycles. The van der Waals surface area contributed by atoms with Gasteiger partial charge < -0.3 is 15.6 Å². The van der Waals surface area contributed by atoms with Gasteiger partial charge >= 0.3 is 0 Å². The normalized spacial score (nSPS) is 18.1. The van der Waals surface area contributed by atoms with Gasteiger partial charge in [0.15, 0.2) is 11.5 Å². The van der Waals surface area contributed by atoms with Crippen LogP contribution in [0.4, 0.5) is 0 Å². The number of phenols is 1. The Morgan fingerprint density at radius 2 is 2.32 bits per heavy atom. The molecule has 0 amide bonds. The average Bonchev–Trinajstić information content (AvgIpc) is 2.85. The largest absolute Gasteiger partial charge is 0.504 e. The van der Waals surface area contributed by atoms with Crippen LogP contribution in [-0.2, 0) is 6.42 Å². The first kappa shape index (κ1) is 12.4. The molecule has 19 heavy (non-hydrogen) atoms. The van der Waals surface area contributed by atoms with Crippen molar-refractivity contribution in [2.24, 2.45) is 5.73 Å². The molecule has 1 aromatic carbocycles. The fourth-order valence-corrected chi connectivity index (χ4v) is 3.53. The third kappa shape index (κ3) is 2.19. The summed E-state index contributed by atoms with van der Waals surface area (Å²) in [6.45, 7) is 0. The van der Waals surface area contributed by atoms with Gasteiger partial charge in [-0.3, -0.25) is 0 Å².